The quantitative estimate of drug-likeness (QED) is 0.618. The minimum absolute atomic E-state index is 0.0812. The lowest BCUT2D eigenvalue weighted by Gasteiger charge is -2.24. The maximum absolute atomic E-state index is 12.6. The molecule has 0 aromatic heterocycles. The van der Waals surface area contributed by atoms with Crippen LogP contribution in [-0.2, 0) is 16.0 Å². The van der Waals surface area contributed by atoms with Crippen LogP contribution >= 0.6 is 12.3 Å². The summed E-state index contributed by atoms with van der Waals surface area (Å²) >= 11 is -0.0812. The lowest BCUT2D eigenvalue weighted by Crippen LogP contribution is -2.39. The first kappa shape index (κ1) is 19.8. The third-order valence-electron chi connectivity index (χ3n) is 2.67. The van der Waals surface area contributed by atoms with Gasteiger partial charge in [-0.2, -0.15) is 0 Å². The van der Waals surface area contributed by atoms with Crippen molar-refractivity contribution in [2.24, 2.45) is 0 Å². The number of hydrogen-bond acceptors (Lipinski definition) is 5. The highest BCUT2D eigenvalue weighted by atomic mass is 32.2. The first-order valence-electron chi connectivity index (χ1n) is 7.54. The molecule has 0 heterocycles. The SMILES string of the molecule is CC(C)(C)OC(=O)C(Cc1ccc(OC(C)(C)C)cc1)NSF. The smallest absolute Gasteiger partial charge is 0.324 e. The van der Waals surface area contributed by atoms with E-state index < -0.39 is 17.6 Å². The molecule has 1 aromatic carbocycles. The summed E-state index contributed by atoms with van der Waals surface area (Å²) in [6.45, 7) is 11.3. The number of esters is 1. The van der Waals surface area contributed by atoms with Crippen molar-refractivity contribution in [2.45, 2.75) is 65.2 Å². The Labute approximate surface area is 142 Å². The number of nitrogens with one attached hydrogen (secondary N) is 1. The summed E-state index contributed by atoms with van der Waals surface area (Å²) < 4.78 is 26.1. The van der Waals surface area contributed by atoms with Gasteiger partial charge in [0.25, 0.3) is 0 Å². The lowest BCUT2D eigenvalue weighted by atomic mass is 10.1. The van der Waals surface area contributed by atoms with E-state index in [1.807, 2.05) is 45.0 Å². The van der Waals surface area contributed by atoms with Crippen molar-refractivity contribution in [3.63, 3.8) is 0 Å². The van der Waals surface area contributed by atoms with Gasteiger partial charge >= 0.3 is 5.97 Å². The largest absolute Gasteiger partial charge is 0.488 e. The molecular weight excluding hydrogens is 317 g/mol. The Balaban J connectivity index is 2.75. The van der Waals surface area contributed by atoms with Gasteiger partial charge in [-0.05, 0) is 65.7 Å². The Morgan fingerprint density at radius 2 is 1.70 bits per heavy atom. The molecule has 130 valence electrons. The normalized spacial score (nSPS) is 13.5. The van der Waals surface area contributed by atoms with Crippen LogP contribution in [0.15, 0.2) is 24.3 Å². The predicted molar refractivity (Wildman–Crippen MR) is 92.0 cm³/mol. The van der Waals surface area contributed by atoms with Crippen LogP contribution in [0.2, 0.25) is 0 Å². The van der Waals surface area contributed by atoms with Crippen LogP contribution in [0.1, 0.15) is 47.1 Å². The molecule has 23 heavy (non-hydrogen) atoms. The van der Waals surface area contributed by atoms with Crippen molar-refractivity contribution in [3.8, 4) is 5.75 Å². The Bertz CT molecular complexity index is 506. The van der Waals surface area contributed by atoms with Gasteiger partial charge in [0.15, 0.2) is 0 Å². The van der Waals surface area contributed by atoms with E-state index in [2.05, 4.69) is 4.72 Å². The molecule has 1 aromatic rings. The Morgan fingerprint density at radius 1 is 1.13 bits per heavy atom. The van der Waals surface area contributed by atoms with Crippen molar-refractivity contribution >= 4 is 18.3 Å². The fourth-order valence-corrected chi connectivity index (χ4v) is 2.17. The summed E-state index contributed by atoms with van der Waals surface area (Å²) in [5, 5.41) is 0. The molecule has 1 atom stereocenters. The molecule has 4 nitrogen and oxygen atoms in total. The van der Waals surface area contributed by atoms with Crippen molar-refractivity contribution in [3.05, 3.63) is 29.8 Å². The van der Waals surface area contributed by atoms with Crippen molar-refractivity contribution < 1.29 is 18.2 Å². The van der Waals surface area contributed by atoms with E-state index in [4.69, 9.17) is 9.47 Å². The summed E-state index contributed by atoms with van der Waals surface area (Å²) in [5.74, 6) is 0.278. The number of ether oxygens (including phenoxy) is 2. The number of benzene rings is 1. The topological polar surface area (TPSA) is 47.6 Å². The molecule has 1 rings (SSSR count). The Hall–Kier alpha value is -1.27. The number of carbonyl (C=O) groups excluding carboxylic acids is 1. The van der Waals surface area contributed by atoms with Crippen LogP contribution in [0.4, 0.5) is 3.89 Å². The summed E-state index contributed by atoms with van der Waals surface area (Å²) in [5.41, 5.74) is 0.0127. The minimum Gasteiger partial charge on any atom is -0.488 e. The van der Waals surface area contributed by atoms with Crippen LogP contribution < -0.4 is 9.46 Å². The number of carbonyl (C=O) groups is 1. The Kier molecular flexibility index (Phi) is 6.89. The van der Waals surface area contributed by atoms with Gasteiger partial charge in [-0.1, -0.05) is 12.1 Å². The first-order chi connectivity index (χ1) is 10.5. The molecule has 1 unspecified atom stereocenters. The number of halogens is 1. The maximum atomic E-state index is 12.6. The molecule has 0 aliphatic heterocycles. The summed E-state index contributed by atoms with van der Waals surface area (Å²) in [7, 11) is 0. The van der Waals surface area contributed by atoms with Crippen LogP contribution in [0.25, 0.3) is 0 Å². The van der Waals surface area contributed by atoms with Gasteiger partial charge in [-0.3, -0.25) is 4.79 Å². The van der Waals surface area contributed by atoms with Crippen molar-refractivity contribution in [1.82, 2.24) is 4.72 Å². The highest BCUT2D eigenvalue weighted by Gasteiger charge is 2.25. The fourth-order valence-electron chi connectivity index (χ4n) is 1.88. The van der Waals surface area contributed by atoms with E-state index in [9.17, 15) is 8.68 Å². The molecule has 0 amide bonds. The van der Waals surface area contributed by atoms with Crippen molar-refractivity contribution in [1.29, 1.82) is 0 Å². The molecule has 0 aliphatic carbocycles. The van der Waals surface area contributed by atoms with Crippen LogP contribution in [0.5, 0.6) is 5.75 Å². The molecule has 6 heteroatoms. The summed E-state index contributed by atoms with van der Waals surface area (Å²) in [6.07, 6.45) is 0.335. The van der Waals surface area contributed by atoms with Gasteiger partial charge in [0.2, 0.25) is 0 Å². The lowest BCUT2D eigenvalue weighted by molar-refractivity contribution is -0.156. The summed E-state index contributed by atoms with van der Waals surface area (Å²) in [4.78, 5) is 12.1. The molecule has 0 spiro atoms. The minimum atomic E-state index is -0.751. The van der Waals surface area contributed by atoms with Crippen LogP contribution in [0.3, 0.4) is 0 Å². The van der Waals surface area contributed by atoms with E-state index in [1.54, 1.807) is 20.8 Å². The second-order valence-corrected chi connectivity index (χ2v) is 7.73. The van der Waals surface area contributed by atoms with Crippen LogP contribution in [-0.4, -0.2) is 23.2 Å². The average molecular weight is 343 g/mol. The van der Waals surface area contributed by atoms with E-state index in [-0.39, 0.29) is 17.9 Å². The van der Waals surface area contributed by atoms with Gasteiger partial charge < -0.3 is 9.47 Å². The van der Waals surface area contributed by atoms with Crippen molar-refractivity contribution in [2.75, 3.05) is 0 Å². The van der Waals surface area contributed by atoms with E-state index in [1.165, 1.54) is 0 Å². The molecule has 0 saturated heterocycles. The van der Waals surface area contributed by atoms with Gasteiger partial charge in [0.05, 0.1) is 0 Å². The third kappa shape index (κ3) is 8.23. The molecule has 0 aliphatic rings. The monoisotopic (exact) mass is 343 g/mol. The Morgan fingerprint density at radius 3 is 2.13 bits per heavy atom. The van der Waals surface area contributed by atoms with E-state index in [0.29, 0.717) is 6.42 Å². The molecule has 0 radical (unpaired) electrons. The highest BCUT2D eigenvalue weighted by Crippen LogP contribution is 2.20. The van der Waals surface area contributed by atoms with E-state index >= 15 is 0 Å². The first-order valence-corrected chi connectivity index (χ1v) is 8.26. The van der Waals surface area contributed by atoms with Gasteiger partial charge in [-0.25, -0.2) is 4.72 Å². The average Bonchev–Trinajstić information content (AvgIpc) is 2.36. The number of hydrogen-bond donors (Lipinski definition) is 1. The molecule has 0 fully saturated rings. The zero-order chi connectivity index (χ0) is 17.7. The standard InChI is InChI=1S/C17H26FNO3S/c1-16(2,3)21-13-9-7-12(8-10-13)11-14(19-23-18)15(20)22-17(4,5)6/h7-10,14,19H,11H2,1-6H3. The third-order valence-corrected chi connectivity index (χ3v) is 3.04. The maximum Gasteiger partial charge on any atom is 0.324 e. The van der Waals surface area contributed by atoms with Gasteiger partial charge in [0, 0.05) is 0 Å². The predicted octanol–water partition coefficient (Wildman–Crippen LogP) is 4.24. The molecule has 1 N–H and O–H groups in total. The molecule has 0 bridgehead atoms. The van der Waals surface area contributed by atoms with Crippen LogP contribution in [0, 0.1) is 0 Å². The summed E-state index contributed by atoms with van der Waals surface area (Å²) in [6, 6.07) is 6.66. The highest BCUT2D eigenvalue weighted by molar-refractivity contribution is 7.92. The fraction of sp³-hybridized carbons (Fsp3) is 0.588. The molecule has 0 saturated carbocycles. The number of rotatable bonds is 6. The van der Waals surface area contributed by atoms with Gasteiger partial charge in [0.1, 0.15) is 35.3 Å². The van der Waals surface area contributed by atoms with E-state index in [0.717, 1.165) is 11.3 Å². The zero-order valence-corrected chi connectivity index (χ0v) is 15.4. The zero-order valence-electron chi connectivity index (χ0n) is 14.6. The molecular formula is C17H26FNO3S. The second kappa shape index (κ2) is 8.02. The van der Waals surface area contributed by atoms with Gasteiger partial charge in [-0.15, -0.1) is 3.89 Å². The second-order valence-electron chi connectivity index (χ2n) is 7.34.